The van der Waals surface area contributed by atoms with Gasteiger partial charge in [0.15, 0.2) is 0 Å². The Morgan fingerprint density at radius 2 is 1.70 bits per heavy atom. The Labute approximate surface area is 94.9 Å². The van der Waals surface area contributed by atoms with E-state index >= 15 is 0 Å². The molecule has 0 atom stereocenters. The zero-order chi connectivity index (χ0) is 5.54. The van der Waals surface area contributed by atoms with Gasteiger partial charge in [-0.1, -0.05) is 19.8 Å². The van der Waals surface area contributed by atoms with Crippen LogP contribution in [0.15, 0.2) is 0 Å². The van der Waals surface area contributed by atoms with Crippen LogP contribution in [0, 0.1) is 5.41 Å². The molecule has 0 heterocycles. The Bertz CT molecular complexity index is 53.0. The summed E-state index contributed by atoms with van der Waals surface area (Å²) in [6, 6.07) is 0. The molecule has 0 aliphatic carbocycles. The fourth-order valence-electron chi connectivity index (χ4n) is 0.496. The first kappa shape index (κ1) is 22.5. The third-order valence-electron chi connectivity index (χ3n) is 0.952. The molecule has 0 fully saturated rings. The minimum Gasteiger partial charge on any atom is -1.00 e. The summed E-state index contributed by atoms with van der Waals surface area (Å²) in [5.74, 6) is 0. The second kappa shape index (κ2) is 22.5. The van der Waals surface area contributed by atoms with Crippen LogP contribution < -0.4 is 34.0 Å². The minimum atomic E-state index is 0. The van der Waals surface area contributed by atoms with Crippen molar-refractivity contribution >= 4 is 6.21 Å². The molecule has 0 aliphatic heterocycles. The molecule has 0 bridgehead atoms. The van der Waals surface area contributed by atoms with Gasteiger partial charge in [-0.15, -0.1) is 0 Å². The van der Waals surface area contributed by atoms with Gasteiger partial charge in [-0.3, -0.25) is 0 Å². The standard InChI is InChI=1S/C6H13N.2BrH.Mn/c1-2-3-4-5-6-7;;;/h6-7H,2-5H2,1H3;2*1H;/q;;;+2/p-2. The van der Waals surface area contributed by atoms with E-state index in [0.29, 0.717) is 0 Å². The smallest absolute Gasteiger partial charge is 1.00 e. The van der Waals surface area contributed by atoms with Crippen molar-refractivity contribution in [2.24, 2.45) is 0 Å². The summed E-state index contributed by atoms with van der Waals surface area (Å²) in [5.41, 5.74) is 0. The fourth-order valence-corrected chi connectivity index (χ4v) is 0.496. The molecule has 0 aromatic carbocycles. The molecule has 0 amide bonds. The summed E-state index contributed by atoms with van der Waals surface area (Å²) in [6.07, 6.45) is 6.17. The molecule has 1 nitrogen and oxygen atoms in total. The molecule has 0 saturated carbocycles. The summed E-state index contributed by atoms with van der Waals surface area (Å²) in [6.45, 7) is 2.17. The van der Waals surface area contributed by atoms with Crippen LogP contribution in [0.1, 0.15) is 32.6 Å². The number of hydrogen-bond donors (Lipinski definition) is 1. The van der Waals surface area contributed by atoms with Gasteiger partial charge < -0.3 is 39.4 Å². The summed E-state index contributed by atoms with van der Waals surface area (Å²) in [5, 5.41) is 6.66. The second-order valence-electron chi connectivity index (χ2n) is 1.70. The topological polar surface area (TPSA) is 23.9 Å². The van der Waals surface area contributed by atoms with Crippen molar-refractivity contribution in [2.75, 3.05) is 0 Å². The predicted octanol–water partition coefficient (Wildman–Crippen LogP) is -3.78. The Morgan fingerprint density at radius 1 is 1.20 bits per heavy atom. The van der Waals surface area contributed by atoms with E-state index in [1.54, 1.807) is 0 Å². The van der Waals surface area contributed by atoms with Crippen LogP contribution in [-0.4, -0.2) is 6.21 Å². The molecule has 0 aliphatic rings. The van der Waals surface area contributed by atoms with Crippen LogP contribution in [0.3, 0.4) is 0 Å². The van der Waals surface area contributed by atoms with Crippen molar-refractivity contribution in [2.45, 2.75) is 32.6 Å². The normalized spacial score (nSPS) is 6.10. The Kier molecular flexibility index (Phi) is 50.5. The van der Waals surface area contributed by atoms with Crippen molar-refractivity contribution in [1.82, 2.24) is 0 Å². The van der Waals surface area contributed by atoms with Crippen LogP contribution in [-0.2, 0) is 17.1 Å². The average Bonchev–Trinajstić information content (AvgIpc) is 1.69. The molecule has 0 aromatic rings. The Hall–Kier alpha value is 1.15. The SMILES string of the molecule is CCCCCC=N.[Br-].[Br-].[Mn+2]. The molecular weight excluding hydrogens is 301 g/mol. The van der Waals surface area contributed by atoms with Gasteiger partial charge in [-0.2, -0.15) is 0 Å². The summed E-state index contributed by atoms with van der Waals surface area (Å²) >= 11 is 0. The maximum absolute atomic E-state index is 6.66. The monoisotopic (exact) mass is 312 g/mol. The molecule has 0 aromatic heterocycles. The van der Waals surface area contributed by atoms with Crippen LogP contribution in [0.5, 0.6) is 0 Å². The summed E-state index contributed by atoms with van der Waals surface area (Å²) in [7, 11) is 0. The maximum atomic E-state index is 6.66. The number of halogens is 2. The van der Waals surface area contributed by atoms with Gasteiger partial charge in [0.25, 0.3) is 0 Å². The van der Waals surface area contributed by atoms with E-state index in [2.05, 4.69) is 6.92 Å². The van der Waals surface area contributed by atoms with Crippen LogP contribution in [0.2, 0.25) is 0 Å². The quantitative estimate of drug-likeness (QED) is 0.313. The predicted molar refractivity (Wildman–Crippen MR) is 32.9 cm³/mol. The van der Waals surface area contributed by atoms with Gasteiger partial charge in [0.05, 0.1) is 0 Å². The van der Waals surface area contributed by atoms with Gasteiger partial charge in [0, 0.05) is 0 Å². The molecule has 0 rings (SSSR count). The molecular formula is C6H13Br2MnN. The van der Waals surface area contributed by atoms with Gasteiger partial charge in [-0.05, 0) is 19.1 Å². The molecule has 4 heteroatoms. The fraction of sp³-hybridized carbons (Fsp3) is 0.833. The zero-order valence-electron chi connectivity index (χ0n) is 6.04. The Balaban J connectivity index is -0.0000000600. The van der Waals surface area contributed by atoms with Crippen molar-refractivity contribution < 1.29 is 51.0 Å². The zero-order valence-corrected chi connectivity index (χ0v) is 10.4. The molecule has 63 valence electrons. The first-order valence-electron chi connectivity index (χ1n) is 2.90. The van der Waals surface area contributed by atoms with Gasteiger partial charge in [0.2, 0.25) is 0 Å². The first-order valence-corrected chi connectivity index (χ1v) is 2.90. The van der Waals surface area contributed by atoms with Crippen molar-refractivity contribution in [3.8, 4) is 0 Å². The van der Waals surface area contributed by atoms with Gasteiger partial charge in [0.1, 0.15) is 0 Å². The van der Waals surface area contributed by atoms with Gasteiger partial charge in [-0.25, -0.2) is 0 Å². The molecule has 0 unspecified atom stereocenters. The van der Waals surface area contributed by atoms with Crippen molar-refractivity contribution in [3.63, 3.8) is 0 Å². The summed E-state index contributed by atoms with van der Waals surface area (Å²) < 4.78 is 0. The van der Waals surface area contributed by atoms with Crippen LogP contribution >= 0.6 is 0 Å². The molecule has 1 radical (unpaired) electrons. The first-order chi connectivity index (χ1) is 3.41. The second-order valence-corrected chi connectivity index (χ2v) is 1.70. The van der Waals surface area contributed by atoms with E-state index in [-0.39, 0.29) is 51.0 Å². The summed E-state index contributed by atoms with van der Waals surface area (Å²) in [4.78, 5) is 0. The van der Waals surface area contributed by atoms with E-state index in [1.807, 2.05) is 0 Å². The number of nitrogens with one attached hydrogen (secondary N) is 1. The molecule has 0 spiro atoms. The number of hydrogen-bond acceptors (Lipinski definition) is 1. The molecule has 1 N–H and O–H groups in total. The largest absolute Gasteiger partial charge is 2.00 e. The van der Waals surface area contributed by atoms with E-state index in [1.165, 1.54) is 25.5 Å². The Morgan fingerprint density at radius 3 is 2.00 bits per heavy atom. The third-order valence-corrected chi connectivity index (χ3v) is 0.952. The molecule has 10 heavy (non-hydrogen) atoms. The van der Waals surface area contributed by atoms with Crippen LogP contribution in [0.4, 0.5) is 0 Å². The number of unbranched alkanes of at least 4 members (excludes halogenated alkanes) is 3. The van der Waals surface area contributed by atoms with E-state index in [9.17, 15) is 0 Å². The maximum Gasteiger partial charge on any atom is 2.00 e. The molecule has 0 saturated heterocycles. The minimum absolute atomic E-state index is 0. The van der Waals surface area contributed by atoms with Crippen molar-refractivity contribution in [1.29, 1.82) is 5.41 Å². The third kappa shape index (κ3) is 22.9. The van der Waals surface area contributed by atoms with Gasteiger partial charge >= 0.3 is 17.1 Å². The van der Waals surface area contributed by atoms with Crippen molar-refractivity contribution in [3.05, 3.63) is 0 Å². The van der Waals surface area contributed by atoms with Crippen LogP contribution in [0.25, 0.3) is 0 Å². The van der Waals surface area contributed by atoms with E-state index in [4.69, 9.17) is 5.41 Å². The van der Waals surface area contributed by atoms with E-state index < -0.39 is 0 Å². The number of rotatable bonds is 4. The average molecular weight is 314 g/mol. The van der Waals surface area contributed by atoms with E-state index in [0.717, 1.165) is 6.42 Å².